The van der Waals surface area contributed by atoms with E-state index in [-0.39, 0.29) is 17.9 Å². The molecular weight excluding hydrogens is 278 g/mol. The summed E-state index contributed by atoms with van der Waals surface area (Å²) in [5.41, 5.74) is 8.90. The number of carbonyl (C=O) groups excluding carboxylic acids is 2. The lowest BCUT2D eigenvalue weighted by atomic mass is 10.0. The number of anilines is 1. The fraction of sp³-hybridized carbons (Fsp3) is 0.529. The minimum Gasteiger partial charge on any atom is -0.338 e. The van der Waals surface area contributed by atoms with Crippen molar-refractivity contribution in [2.75, 3.05) is 18.4 Å². The predicted molar refractivity (Wildman–Crippen MR) is 85.5 cm³/mol. The molecule has 1 atom stereocenters. The molecule has 1 saturated heterocycles. The van der Waals surface area contributed by atoms with Crippen LogP contribution < -0.4 is 11.1 Å². The molecule has 0 spiro atoms. The van der Waals surface area contributed by atoms with Gasteiger partial charge in [0.15, 0.2) is 0 Å². The lowest BCUT2D eigenvalue weighted by molar-refractivity contribution is -0.132. The van der Waals surface area contributed by atoms with Gasteiger partial charge in [-0.2, -0.15) is 0 Å². The smallest absolute Gasteiger partial charge is 0.228 e. The summed E-state index contributed by atoms with van der Waals surface area (Å²) in [6.45, 7) is 1.42. The number of hydrogen-bond donors (Lipinski definition) is 2. The highest BCUT2D eigenvalue weighted by atomic mass is 16.2. The van der Waals surface area contributed by atoms with Crippen LogP contribution in [-0.4, -0.2) is 35.8 Å². The van der Waals surface area contributed by atoms with Crippen molar-refractivity contribution in [2.45, 2.75) is 44.6 Å². The Labute approximate surface area is 130 Å². The molecule has 1 fully saturated rings. The number of hydrogen-bond acceptors (Lipinski definition) is 3. The molecular formula is C17H23N3O2. The third-order valence-corrected chi connectivity index (χ3v) is 4.62. The van der Waals surface area contributed by atoms with Crippen molar-refractivity contribution in [1.82, 2.24) is 4.90 Å². The molecule has 2 heterocycles. The number of amides is 2. The molecule has 1 aromatic rings. The summed E-state index contributed by atoms with van der Waals surface area (Å²) in [6, 6.07) is 6.32. The van der Waals surface area contributed by atoms with E-state index in [4.69, 9.17) is 5.73 Å². The summed E-state index contributed by atoms with van der Waals surface area (Å²) in [5.74, 6) is 0.287. The van der Waals surface area contributed by atoms with Gasteiger partial charge in [0.05, 0.1) is 6.42 Å². The number of carbonyl (C=O) groups is 2. The molecule has 2 amide bonds. The molecule has 3 rings (SSSR count). The summed E-state index contributed by atoms with van der Waals surface area (Å²) < 4.78 is 0. The van der Waals surface area contributed by atoms with Crippen molar-refractivity contribution in [1.29, 1.82) is 0 Å². The predicted octanol–water partition coefficient (Wildman–Crippen LogP) is 1.45. The topological polar surface area (TPSA) is 75.4 Å². The Kier molecular flexibility index (Phi) is 4.43. The van der Waals surface area contributed by atoms with E-state index in [0.717, 1.165) is 43.5 Å². The minimum absolute atomic E-state index is 0.0594. The molecule has 1 aromatic carbocycles. The second-order valence-corrected chi connectivity index (χ2v) is 6.19. The molecule has 0 aromatic heterocycles. The molecule has 118 valence electrons. The Morgan fingerprint density at radius 2 is 2.27 bits per heavy atom. The lowest BCUT2D eigenvalue weighted by Crippen LogP contribution is -2.39. The van der Waals surface area contributed by atoms with Crippen LogP contribution in [-0.2, 0) is 22.4 Å². The van der Waals surface area contributed by atoms with Crippen molar-refractivity contribution >= 4 is 17.5 Å². The van der Waals surface area contributed by atoms with Crippen LogP contribution in [0.1, 0.15) is 36.8 Å². The summed E-state index contributed by atoms with van der Waals surface area (Å²) in [4.78, 5) is 25.5. The largest absolute Gasteiger partial charge is 0.338 e. The van der Waals surface area contributed by atoms with Gasteiger partial charge >= 0.3 is 0 Å². The zero-order valence-corrected chi connectivity index (χ0v) is 12.8. The number of nitrogens with zero attached hydrogens (tertiary/aromatic N) is 1. The number of benzene rings is 1. The third kappa shape index (κ3) is 3.14. The highest BCUT2D eigenvalue weighted by molar-refractivity contribution is 5.99. The molecule has 0 radical (unpaired) electrons. The van der Waals surface area contributed by atoms with E-state index >= 15 is 0 Å². The number of nitrogens with two attached hydrogens (primary N) is 1. The molecule has 2 aliphatic heterocycles. The van der Waals surface area contributed by atoms with E-state index in [1.165, 1.54) is 5.56 Å². The maximum Gasteiger partial charge on any atom is 0.228 e. The first kappa shape index (κ1) is 15.0. The van der Waals surface area contributed by atoms with Crippen molar-refractivity contribution in [3.05, 3.63) is 29.3 Å². The molecule has 5 heteroatoms. The van der Waals surface area contributed by atoms with Crippen LogP contribution in [0.4, 0.5) is 5.69 Å². The van der Waals surface area contributed by atoms with Crippen LogP contribution in [0.3, 0.4) is 0 Å². The van der Waals surface area contributed by atoms with Crippen LogP contribution in [0.5, 0.6) is 0 Å². The summed E-state index contributed by atoms with van der Waals surface area (Å²) in [6.07, 6.45) is 4.85. The average molecular weight is 301 g/mol. The number of nitrogens with one attached hydrogen (secondary N) is 1. The van der Waals surface area contributed by atoms with Crippen molar-refractivity contribution in [3.8, 4) is 0 Å². The van der Waals surface area contributed by atoms with Gasteiger partial charge in [0.25, 0.3) is 0 Å². The number of likely N-dealkylation sites (tertiary alicyclic amines) is 1. The Morgan fingerprint density at radius 3 is 3.09 bits per heavy atom. The van der Waals surface area contributed by atoms with Crippen molar-refractivity contribution in [2.24, 2.45) is 5.73 Å². The Morgan fingerprint density at radius 1 is 1.41 bits per heavy atom. The van der Waals surface area contributed by atoms with Crippen LogP contribution in [0.15, 0.2) is 18.2 Å². The fourth-order valence-corrected chi connectivity index (χ4v) is 3.43. The molecule has 5 nitrogen and oxygen atoms in total. The van der Waals surface area contributed by atoms with Crippen LogP contribution >= 0.6 is 0 Å². The highest BCUT2D eigenvalue weighted by Gasteiger charge is 2.26. The van der Waals surface area contributed by atoms with E-state index < -0.39 is 0 Å². The third-order valence-electron chi connectivity index (χ3n) is 4.62. The maximum atomic E-state index is 12.3. The van der Waals surface area contributed by atoms with Gasteiger partial charge in [-0.3, -0.25) is 9.59 Å². The first-order valence-electron chi connectivity index (χ1n) is 8.08. The van der Waals surface area contributed by atoms with Gasteiger partial charge in [-0.15, -0.1) is 0 Å². The second-order valence-electron chi connectivity index (χ2n) is 6.19. The summed E-state index contributed by atoms with van der Waals surface area (Å²) in [7, 11) is 0. The van der Waals surface area contributed by atoms with Crippen molar-refractivity contribution in [3.63, 3.8) is 0 Å². The Bertz CT molecular complexity index is 585. The molecule has 0 aliphatic carbocycles. The molecule has 0 bridgehead atoms. The number of rotatable bonds is 5. The first-order chi connectivity index (χ1) is 10.7. The number of fused-ring (bicyclic) bond motifs is 1. The molecule has 2 aliphatic rings. The van der Waals surface area contributed by atoms with Crippen LogP contribution in [0, 0.1) is 0 Å². The average Bonchev–Trinajstić information content (AvgIpc) is 3.11. The SMILES string of the molecule is NCC1CCCN1C(=O)CCCc1ccc2c(c1)CC(=O)N2. The van der Waals surface area contributed by atoms with Gasteiger partial charge in [0.1, 0.15) is 0 Å². The van der Waals surface area contributed by atoms with E-state index in [1.54, 1.807) is 0 Å². The minimum atomic E-state index is 0.0594. The number of aryl methyl sites for hydroxylation is 1. The zero-order valence-electron chi connectivity index (χ0n) is 12.8. The normalized spacial score (nSPS) is 20.1. The van der Waals surface area contributed by atoms with Gasteiger partial charge < -0.3 is 16.0 Å². The van der Waals surface area contributed by atoms with E-state index in [9.17, 15) is 9.59 Å². The van der Waals surface area contributed by atoms with Gasteiger partial charge in [-0.05, 0) is 42.9 Å². The zero-order chi connectivity index (χ0) is 15.5. The summed E-state index contributed by atoms with van der Waals surface area (Å²) >= 11 is 0. The molecule has 1 unspecified atom stereocenters. The lowest BCUT2D eigenvalue weighted by Gasteiger charge is -2.23. The van der Waals surface area contributed by atoms with Crippen molar-refractivity contribution < 1.29 is 9.59 Å². The van der Waals surface area contributed by atoms with E-state index in [0.29, 0.717) is 19.4 Å². The van der Waals surface area contributed by atoms with Gasteiger partial charge in [-0.1, -0.05) is 12.1 Å². The molecule has 3 N–H and O–H groups in total. The molecule has 22 heavy (non-hydrogen) atoms. The monoisotopic (exact) mass is 301 g/mol. The Hall–Kier alpha value is -1.88. The molecule has 0 saturated carbocycles. The van der Waals surface area contributed by atoms with Gasteiger partial charge in [-0.25, -0.2) is 0 Å². The van der Waals surface area contributed by atoms with Gasteiger partial charge in [0, 0.05) is 31.2 Å². The fourth-order valence-electron chi connectivity index (χ4n) is 3.43. The second kappa shape index (κ2) is 6.48. The summed E-state index contributed by atoms with van der Waals surface area (Å²) in [5, 5.41) is 2.84. The maximum absolute atomic E-state index is 12.3. The van der Waals surface area contributed by atoms with E-state index in [1.807, 2.05) is 17.0 Å². The van der Waals surface area contributed by atoms with Gasteiger partial charge in [0.2, 0.25) is 11.8 Å². The van der Waals surface area contributed by atoms with E-state index in [2.05, 4.69) is 11.4 Å². The highest BCUT2D eigenvalue weighted by Crippen LogP contribution is 2.25. The first-order valence-corrected chi connectivity index (χ1v) is 8.08. The van der Waals surface area contributed by atoms with Crippen LogP contribution in [0.25, 0.3) is 0 Å². The van der Waals surface area contributed by atoms with Crippen LogP contribution in [0.2, 0.25) is 0 Å². The standard InChI is InChI=1S/C17H23N3O2/c18-11-14-4-2-8-20(14)17(22)5-1-3-12-6-7-15-13(9-12)10-16(21)19-15/h6-7,9,14H,1-5,8,10-11,18H2,(H,19,21). The Balaban J connectivity index is 1.50. The quantitative estimate of drug-likeness (QED) is 0.864.